The number of carbonyl (C=O) groups is 3. The largest absolute Gasteiger partial charge is 0.387 e. The molecule has 4 aromatic rings. The molecule has 2 aromatic heterocycles. The average Bonchev–Trinajstić information content (AvgIpc) is 3.96. The van der Waals surface area contributed by atoms with Crippen LogP contribution in [0.4, 0.5) is 10.6 Å². The first-order chi connectivity index (χ1) is 27.2. The Morgan fingerprint density at radius 1 is 0.875 bits per heavy atom. The van der Waals surface area contributed by atoms with Gasteiger partial charge in [0.25, 0.3) is 11.8 Å². The number of hydrogen-bond acceptors (Lipinski definition) is 11. The molecule has 1 aliphatic carbocycles. The van der Waals surface area contributed by atoms with Crippen molar-refractivity contribution in [3.8, 4) is 0 Å². The Balaban J connectivity index is 1.17. The zero-order valence-electron chi connectivity index (χ0n) is 32.2. The van der Waals surface area contributed by atoms with Gasteiger partial charge in [-0.2, -0.15) is 0 Å². The molecule has 2 fully saturated rings. The van der Waals surface area contributed by atoms with Gasteiger partial charge >= 0.3 is 6.03 Å². The van der Waals surface area contributed by atoms with Crippen LogP contribution < -0.4 is 26.6 Å². The second kappa shape index (κ2) is 19.1. The van der Waals surface area contributed by atoms with Crippen molar-refractivity contribution in [1.82, 2.24) is 45.7 Å². The molecule has 7 N–H and O–H groups in total. The molecule has 4 amide bonds. The number of fused-ring (bicyclic) bond motifs is 1. The molecule has 4 atom stereocenters. The van der Waals surface area contributed by atoms with Crippen LogP contribution in [0.15, 0.2) is 67.0 Å². The highest BCUT2D eigenvalue weighted by Gasteiger charge is 2.47. The van der Waals surface area contributed by atoms with E-state index in [1.54, 1.807) is 6.92 Å². The quantitative estimate of drug-likeness (QED) is 0.0777. The minimum absolute atomic E-state index is 0.0943. The number of likely N-dealkylation sites (N-methyl/N-ethyl adjacent to an activating group) is 1. The number of nitrogens with zero attached hydrogens (tertiary/aromatic N) is 5. The molecule has 3 heterocycles. The molecule has 0 unspecified atom stereocenters. The summed E-state index contributed by atoms with van der Waals surface area (Å²) >= 11 is 0. The number of nitrogens with one attached hydrogen (secondary N) is 5. The Morgan fingerprint density at radius 2 is 1.52 bits per heavy atom. The number of rotatable bonds is 17. The number of anilines is 1. The highest BCUT2D eigenvalue weighted by Crippen LogP contribution is 2.33. The number of hydrogen-bond donors (Lipinski definition) is 7. The van der Waals surface area contributed by atoms with E-state index < -0.39 is 36.4 Å². The van der Waals surface area contributed by atoms with Crippen LogP contribution >= 0.6 is 0 Å². The van der Waals surface area contributed by atoms with Crippen molar-refractivity contribution in [2.45, 2.75) is 89.0 Å². The van der Waals surface area contributed by atoms with Crippen molar-refractivity contribution >= 4 is 34.8 Å². The number of carbonyl (C=O) groups excluding carboxylic acids is 3. The molecule has 2 aromatic carbocycles. The summed E-state index contributed by atoms with van der Waals surface area (Å²) in [5.74, 6) is -1.21. The van der Waals surface area contributed by atoms with Crippen LogP contribution in [0.3, 0.4) is 0 Å². The van der Waals surface area contributed by atoms with Gasteiger partial charge in [-0.1, -0.05) is 73.5 Å². The van der Waals surface area contributed by atoms with E-state index in [0.717, 1.165) is 17.7 Å². The van der Waals surface area contributed by atoms with Gasteiger partial charge in [-0.05, 0) is 44.7 Å². The smallest absolute Gasteiger partial charge is 0.314 e. The lowest BCUT2D eigenvalue weighted by Gasteiger charge is -2.32. The summed E-state index contributed by atoms with van der Waals surface area (Å²) in [4.78, 5) is 54.9. The molecule has 6 rings (SSSR count). The molecule has 0 radical (unpaired) electrons. The van der Waals surface area contributed by atoms with Crippen LogP contribution in [0.25, 0.3) is 11.2 Å². The van der Waals surface area contributed by atoms with Crippen molar-refractivity contribution in [1.29, 1.82) is 0 Å². The second-order valence-corrected chi connectivity index (χ2v) is 14.5. The van der Waals surface area contributed by atoms with E-state index in [-0.39, 0.29) is 47.8 Å². The fourth-order valence-electron chi connectivity index (χ4n) is 7.60. The predicted octanol–water partition coefficient (Wildman–Crippen LogP) is 2.51. The Bertz CT molecular complexity index is 1870. The third kappa shape index (κ3) is 9.61. The number of aromatic nitrogens is 4. The zero-order valence-corrected chi connectivity index (χ0v) is 32.2. The van der Waals surface area contributed by atoms with Gasteiger partial charge in [0.15, 0.2) is 29.3 Å². The number of amides is 4. The molecule has 16 heteroatoms. The maximum Gasteiger partial charge on any atom is 0.314 e. The first-order valence-electron chi connectivity index (χ1n) is 19.6. The minimum Gasteiger partial charge on any atom is -0.387 e. The van der Waals surface area contributed by atoms with Crippen LogP contribution in [0.1, 0.15) is 80.3 Å². The van der Waals surface area contributed by atoms with E-state index in [1.165, 1.54) is 36.6 Å². The Morgan fingerprint density at radius 3 is 2.16 bits per heavy atom. The van der Waals surface area contributed by atoms with E-state index in [0.29, 0.717) is 31.7 Å². The summed E-state index contributed by atoms with van der Waals surface area (Å²) < 4.78 is 7.25. The molecule has 16 nitrogen and oxygen atoms in total. The number of benzene rings is 2. The maximum absolute atomic E-state index is 13.6. The summed E-state index contributed by atoms with van der Waals surface area (Å²) in [6.07, 6.45) is 0.662. The summed E-state index contributed by atoms with van der Waals surface area (Å²) in [5.41, 5.74) is 2.56. The third-order valence-electron chi connectivity index (χ3n) is 10.4. The highest BCUT2D eigenvalue weighted by atomic mass is 16.6. The highest BCUT2D eigenvalue weighted by molar-refractivity contribution is 5.94. The first-order valence-corrected chi connectivity index (χ1v) is 19.6. The molecule has 0 bridgehead atoms. The summed E-state index contributed by atoms with van der Waals surface area (Å²) in [6, 6.07) is 20.6. The van der Waals surface area contributed by atoms with Gasteiger partial charge in [0.05, 0.1) is 6.33 Å². The summed E-state index contributed by atoms with van der Waals surface area (Å²) in [7, 11) is 0. The summed E-state index contributed by atoms with van der Waals surface area (Å²) in [6.45, 7) is 8.34. The van der Waals surface area contributed by atoms with Crippen LogP contribution in [-0.4, -0.2) is 122 Å². The molecular weight excluding hydrogens is 717 g/mol. The SMILES string of the molecule is CCNC(=O)[C@H]1O[C@@H](n2cnc3c(NCC(c4ccccc4)c4ccccc4)nc(C(=O)NCCNC(=O)NCCN(C(C)C)C4CCCC4)nc32)[C@@H](O)[C@@H]1O. The van der Waals surface area contributed by atoms with Crippen molar-refractivity contribution < 1.29 is 29.3 Å². The normalized spacial score (nSPS) is 19.9. The van der Waals surface area contributed by atoms with E-state index in [4.69, 9.17) is 4.74 Å². The fraction of sp³-hybridized carbons (Fsp3) is 0.500. The van der Waals surface area contributed by atoms with E-state index in [1.807, 2.05) is 60.7 Å². The van der Waals surface area contributed by atoms with Crippen molar-refractivity contribution in [3.05, 3.63) is 83.9 Å². The lowest BCUT2D eigenvalue weighted by Crippen LogP contribution is -2.46. The molecule has 0 spiro atoms. The van der Waals surface area contributed by atoms with E-state index in [9.17, 15) is 24.6 Å². The van der Waals surface area contributed by atoms with Gasteiger partial charge in [-0.25, -0.2) is 19.7 Å². The number of urea groups is 1. The van der Waals surface area contributed by atoms with Crippen LogP contribution in [0, 0.1) is 0 Å². The van der Waals surface area contributed by atoms with Gasteiger partial charge in [-0.15, -0.1) is 0 Å². The minimum atomic E-state index is -1.52. The predicted molar refractivity (Wildman–Crippen MR) is 211 cm³/mol. The van der Waals surface area contributed by atoms with Crippen LogP contribution in [0.5, 0.6) is 0 Å². The van der Waals surface area contributed by atoms with Gasteiger partial charge in [0.2, 0.25) is 5.82 Å². The zero-order chi connectivity index (χ0) is 39.6. The average molecular weight is 771 g/mol. The standard InChI is InChI=1S/C40H54N10O6/c1-4-41-37(53)33-31(51)32(52)39(56-33)50-24-46-30-34(45-23-29(26-13-7-5-8-14-26)27-15-9-6-10-16-27)47-35(48-36(30)50)38(54)42-19-20-43-40(55)44-21-22-49(25(2)3)28-17-11-12-18-28/h5-10,13-16,24-25,28-29,31-33,39,51-52H,4,11-12,17-23H2,1-3H3,(H,41,53)(H,42,54)(H2,43,44,55)(H,45,47,48)/t31-,32-,33-,39+/m0/s1. The van der Waals surface area contributed by atoms with Crippen LogP contribution in [0.2, 0.25) is 0 Å². The number of aliphatic hydroxyl groups excluding tert-OH is 2. The molecule has 300 valence electrons. The first kappa shape index (κ1) is 40.5. The van der Waals surface area contributed by atoms with Gasteiger partial charge in [0.1, 0.15) is 12.2 Å². The van der Waals surface area contributed by atoms with Crippen molar-refractivity contribution in [2.75, 3.05) is 44.6 Å². The molecule has 1 saturated carbocycles. The number of imidazole rings is 1. The lowest BCUT2D eigenvalue weighted by atomic mass is 9.91. The number of ether oxygens (including phenoxy) is 1. The molecule has 56 heavy (non-hydrogen) atoms. The summed E-state index contributed by atoms with van der Waals surface area (Å²) in [5, 5.41) is 36.2. The van der Waals surface area contributed by atoms with Crippen molar-refractivity contribution in [2.24, 2.45) is 0 Å². The monoisotopic (exact) mass is 770 g/mol. The molecule has 1 aliphatic heterocycles. The molecule has 2 aliphatic rings. The topological polar surface area (TPSA) is 208 Å². The Hall–Kier alpha value is -5.16. The lowest BCUT2D eigenvalue weighted by molar-refractivity contribution is -0.137. The maximum atomic E-state index is 13.6. The second-order valence-electron chi connectivity index (χ2n) is 14.5. The Kier molecular flexibility index (Phi) is 13.8. The van der Waals surface area contributed by atoms with Gasteiger partial charge < -0.3 is 41.5 Å². The van der Waals surface area contributed by atoms with E-state index in [2.05, 4.69) is 60.3 Å². The van der Waals surface area contributed by atoms with Crippen LogP contribution in [-0.2, 0) is 9.53 Å². The third-order valence-corrected chi connectivity index (χ3v) is 10.4. The van der Waals surface area contributed by atoms with E-state index >= 15 is 0 Å². The van der Waals surface area contributed by atoms with Crippen molar-refractivity contribution in [3.63, 3.8) is 0 Å². The van der Waals surface area contributed by atoms with Gasteiger partial charge in [0, 0.05) is 57.3 Å². The fourth-order valence-corrected chi connectivity index (χ4v) is 7.60. The molecular formula is C40H54N10O6. The Labute approximate surface area is 326 Å². The number of aliphatic hydroxyl groups is 2. The van der Waals surface area contributed by atoms with Gasteiger partial charge in [-0.3, -0.25) is 19.1 Å². The molecule has 1 saturated heterocycles.